The minimum absolute atomic E-state index is 0.101. The highest BCUT2D eigenvalue weighted by atomic mass is 19.4. The predicted molar refractivity (Wildman–Crippen MR) is 65.5 cm³/mol. The van der Waals surface area contributed by atoms with Gasteiger partial charge in [-0.15, -0.1) is 13.2 Å². The molecule has 0 spiro atoms. The summed E-state index contributed by atoms with van der Waals surface area (Å²) in [5.74, 6) is -4.29. The number of benzene rings is 2. The van der Waals surface area contributed by atoms with E-state index in [1.165, 1.54) is 0 Å². The lowest BCUT2D eigenvalue weighted by Crippen LogP contribution is -2.19. The summed E-state index contributed by atoms with van der Waals surface area (Å²) in [4.78, 5) is 0. The highest BCUT2D eigenvalue weighted by Gasteiger charge is 2.32. The molecule has 22 heavy (non-hydrogen) atoms. The maximum atomic E-state index is 13.6. The Balaban J connectivity index is 2.36. The van der Waals surface area contributed by atoms with E-state index in [9.17, 15) is 26.3 Å². The van der Waals surface area contributed by atoms with E-state index in [-0.39, 0.29) is 5.56 Å². The fourth-order valence-corrected chi connectivity index (χ4v) is 1.89. The van der Waals surface area contributed by atoms with E-state index < -0.39 is 41.2 Å². The molecule has 1 atom stereocenters. The molecular weight excluding hydrogens is 312 g/mol. The zero-order valence-electron chi connectivity index (χ0n) is 10.8. The Morgan fingerprint density at radius 1 is 0.909 bits per heavy atom. The molecule has 0 amide bonds. The molecule has 0 aliphatic heterocycles. The normalized spacial score (nSPS) is 13.0. The van der Waals surface area contributed by atoms with Crippen molar-refractivity contribution < 1.29 is 31.1 Å². The smallest absolute Gasteiger partial charge is 0.403 e. The third kappa shape index (κ3) is 3.51. The SMILES string of the molecule is N[C@H](c1ccc(OC(F)(F)F)c(F)c1)c1c(F)cccc1F. The second-order valence-corrected chi connectivity index (χ2v) is 4.35. The largest absolute Gasteiger partial charge is 0.573 e. The summed E-state index contributed by atoms with van der Waals surface area (Å²) in [5.41, 5.74) is 5.05. The highest BCUT2D eigenvalue weighted by Crippen LogP contribution is 2.30. The van der Waals surface area contributed by atoms with Crippen molar-refractivity contribution in [3.8, 4) is 5.75 Å². The first-order valence-electron chi connectivity index (χ1n) is 5.93. The van der Waals surface area contributed by atoms with Crippen molar-refractivity contribution in [2.75, 3.05) is 0 Å². The van der Waals surface area contributed by atoms with E-state index in [0.717, 1.165) is 24.3 Å². The topological polar surface area (TPSA) is 35.2 Å². The molecule has 0 heterocycles. The van der Waals surface area contributed by atoms with Crippen molar-refractivity contribution in [3.05, 3.63) is 65.0 Å². The molecule has 8 heteroatoms. The number of rotatable bonds is 3. The second kappa shape index (κ2) is 5.88. The lowest BCUT2D eigenvalue weighted by atomic mass is 9.98. The van der Waals surface area contributed by atoms with Crippen molar-refractivity contribution in [2.45, 2.75) is 12.4 Å². The summed E-state index contributed by atoms with van der Waals surface area (Å²) in [6.07, 6.45) is -5.05. The first-order chi connectivity index (χ1) is 10.2. The number of nitrogens with two attached hydrogens (primary N) is 1. The number of halogens is 6. The Hall–Kier alpha value is -2.22. The summed E-state index contributed by atoms with van der Waals surface area (Å²) >= 11 is 0. The fourth-order valence-electron chi connectivity index (χ4n) is 1.89. The average Bonchev–Trinajstić information content (AvgIpc) is 2.39. The number of ether oxygens (including phenoxy) is 1. The summed E-state index contributed by atoms with van der Waals surface area (Å²) in [5, 5.41) is 0. The van der Waals surface area contributed by atoms with Crippen LogP contribution in [0.15, 0.2) is 36.4 Å². The van der Waals surface area contributed by atoms with Gasteiger partial charge in [-0.2, -0.15) is 0 Å². The second-order valence-electron chi connectivity index (χ2n) is 4.35. The molecule has 2 aromatic rings. The molecule has 118 valence electrons. The average molecular weight is 321 g/mol. The lowest BCUT2D eigenvalue weighted by molar-refractivity contribution is -0.275. The summed E-state index contributed by atoms with van der Waals surface area (Å²) in [6.45, 7) is 0. The van der Waals surface area contributed by atoms with E-state index >= 15 is 0 Å². The van der Waals surface area contributed by atoms with Gasteiger partial charge in [-0.1, -0.05) is 12.1 Å². The van der Waals surface area contributed by atoms with E-state index in [4.69, 9.17) is 5.73 Å². The van der Waals surface area contributed by atoms with Crippen molar-refractivity contribution in [3.63, 3.8) is 0 Å². The molecule has 0 aliphatic carbocycles. The van der Waals surface area contributed by atoms with E-state index in [0.29, 0.717) is 12.1 Å². The molecule has 0 unspecified atom stereocenters. The molecule has 0 aliphatic rings. The standard InChI is InChI=1S/C14H9F6NO/c15-8-2-1-3-9(16)12(8)13(21)7-4-5-11(10(17)6-7)22-14(18,19)20/h1-6,13H,21H2/t13-/m1/s1. The Kier molecular flexibility index (Phi) is 4.32. The molecule has 0 bridgehead atoms. The Labute approximate surface area is 121 Å². The maximum Gasteiger partial charge on any atom is 0.573 e. The van der Waals surface area contributed by atoms with Crippen LogP contribution in [0.2, 0.25) is 0 Å². The third-order valence-electron chi connectivity index (χ3n) is 2.85. The molecule has 2 nitrogen and oxygen atoms in total. The van der Waals surface area contributed by atoms with Gasteiger partial charge < -0.3 is 10.5 Å². The number of alkyl halides is 3. The first kappa shape index (κ1) is 16.2. The van der Waals surface area contributed by atoms with Crippen LogP contribution in [0, 0.1) is 17.5 Å². The third-order valence-corrected chi connectivity index (χ3v) is 2.85. The van der Waals surface area contributed by atoms with Gasteiger partial charge in [-0.05, 0) is 29.8 Å². The van der Waals surface area contributed by atoms with Crippen LogP contribution in [0.3, 0.4) is 0 Å². The van der Waals surface area contributed by atoms with Crippen LogP contribution in [0.4, 0.5) is 26.3 Å². The molecule has 2 aromatic carbocycles. The minimum atomic E-state index is -5.05. The van der Waals surface area contributed by atoms with Gasteiger partial charge in [0.1, 0.15) is 11.6 Å². The van der Waals surface area contributed by atoms with Gasteiger partial charge in [0.15, 0.2) is 11.6 Å². The fraction of sp³-hybridized carbons (Fsp3) is 0.143. The van der Waals surface area contributed by atoms with Crippen molar-refractivity contribution in [2.24, 2.45) is 5.73 Å². The molecule has 0 aromatic heterocycles. The maximum absolute atomic E-state index is 13.6. The van der Waals surface area contributed by atoms with E-state index in [1.807, 2.05) is 0 Å². The Morgan fingerprint density at radius 3 is 2.00 bits per heavy atom. The molecule has 2 rings (SSSR count). The number of hydrogen-bond donors (Lipinski definition) is 1. The van der Waals surface area contributed by atoms with Gasteiger partial charge in [-0.3, -0.25) is 0 Å². The Morgan fingerprint density at radius 2 is 1.50 bits per heavy atom. The summed E-state index contributed by atoms with van der Waals surface area (Å²) in [6, 6.07) is 4.01. The van der Waals surface area contributed by atoms with Crippen molar-refractivity contribution >= 4 is 0 Å². The quantitative estimate of drug-likeness (QED) is 0.866. The van der Waals surface area contributed by atoms with Crippen LogP contribution >= 0.6 is 0 Å². The molecule has 0 fully saturated rings. The van der Waals surface area contributed by atoms with E-state index in [1.54, 1.807) is 0 Å². The first-order valence-corrected chi connectivity index (χ1v) is 5.93. The molecule has 0 saturated carbocycles. The summed E-state index contributed by atoms with van der Waals surface area (Å²) in [7, 11) is 0. The molecule has 0 radical (unpaired) electrons. The van der Waals surface area contributed by atoms with Crippen LogP contribution in [-0.2, 0) is 0 Å². The zero-order valence-corrected chi connectivity index (χ0v) is 10.8. The van der Waals surface area contributed by atoms with Crippen LogP contribution in [0.5, 0.6) is 5.75 Å². The highest BCUT2D eigenvalue weighted by molar-refractivity contribution is 5.37. The molecule has 2 N–H and O–H groups in total. The van der Waals surface area contributed by atoms with Crippen molar-refractivity contribution in [1.29, 1.82) is 0 Å². The van der Waals surface area contributed by atoms with Crippen LogP contribution < -0.4 is 10.5 Å². The monoisotopic (exact) mass is 321 g/mol. The van der Waals surface area contributed by atoms with Crippen molar-refractivity contribution in [1.82, 2.24) is 0 Å². The zero-order chi connectivity index (χ0) is 16.5. The van der Waals surface area contributed by atoms with Crippen LogP contribution in [-0.4, -0.2) is 6.36 Å². The van der Waals surface area contributed by atoms with Gasteiger partial charge in [0.25, 0.3) is 0 Å². The summed E-state index contributed by atoms with van der Waals surface area (Å²) < 4.78 is 80.4. The van der Waals surface area contributed by atoms with Gasteiger partial charge in [-0.25, -0.2) is 13.2 Å². The van der Waals surface area contributed by atoms with Gasteiger partial charge in [0, 0.05) is 5.56 Å². The van der Waals surface area contributed by atoms with Crippen LogP contribution in [0.25, 0.3) is 0 Å². The van der Waals surface area contributed by atoms with Crippen LogP contribution in [0.1, 0.15) is 17.2 Å². The van der Waals surface area contributed by atoms with Gasteiger partial charge in [0.2, 0.25) is 0 Å². The lowest BCUT2D eigenvalue weighted by Gasteiger charge is -2.16. The number of hydrogen-bond acceptors (Lipinski definition) is 2. The molecular formula is C14H9F6NO. The van der Waals surface area contributed by atoms with E-state index in [2.05, 4.69) is 4.74 Å². The predicted octanol–water partition coefficient (Wildman–Crippen LogP) is 4.05. The van der Waals surface area contributed by atoms with Gasteiger partial charge in [0.05, 0.1) is 6.04 Å². The molecule has 0 saturated heterocycles. The van der Waals surface area contributed by atoms with Gasteiger partial charge >= 0.3 is 6.36 Å². The minimum Gasteiger partial charge on any atom is -0.403 e. The Bertz CT molecular complexity index is 665.